The molecule has 144 valence electrons. The molecule has 0 atom stereocenters. The number of rotatable bonds is 3. The smallest absolute Gasteiger partial charge is 0.339 e. The zero-order valence-corrected chi connectivity index (χ0v) is 16.8. The number of methoxy groups -OCH3 is 2. The van der Waals surface area contributed by atoms with Gasteiger partial charge in [-0.05, 0) is 36.4 Å². The summed E-state index contributed by atoms with van der Waals surface area (Å²) < 4.78 is 9.24. The topological polar surface area (TPSA) is 72.9 Å². The summed E-state index contributed by atoms with van der Waals surface area (Å²) in [4.78, 5) is 35.8. The molecule has 0 aromatic heterocycles. The van der Waals surface area contributed by atoms with Crippen molar-refractivity contribution in [2.45, 2.75) is 6.92 Å². The molecule has 0 saturated carbocycles. The molecule has 2 rings (SSSR count). The first kappa shape index (κ1) is 22.5. The number of nitrogens with zero attached hydrogens (tertiary/aromatic N) is 1. The Morgan fingerprint density at radius 3 is 1.85 bits per heavy atom. The van der Waals surface area contributed by atoms with Crippen LogP contribution >= 0.6 is 23.2 Å². The molecule has 2 aromatic rings. The molecule has 0 aliphatic carbocycles. The molecule has 0 heterocycles. The number of amides is 1. The van der Waals surface area contributed by atoms with Gasteiger partial charge in [0.1, 0.15) is 0 Å². The van der Waals surface area contributed by atoms with Crippen LogP contribution in [0, 0.1) is 0 Å². The van der Waals surface area contributed by atoms with E-state index < -0.39 is 11.9 Å². The fraction of sp³-hybridized carbons (Fsp3) is 0.211. The second-order valence-electron chi connectivity index (χ2n) is 5.23. The van der Waals surface area contributed by atoms with Gasteiger partial charge in [0.2, 0.25) is 5.91 Å². The SMILES string of the molecule is COC(=O)c1ccc(C(=O)OC)c(N(C)C(C)=O)c1.Clc1cccc(Cl)c1. The highest BCUT2D eigenvalue weighted by Gasteiger charge is 2.19. The van der Waals surface area contributed by atoms with Crippen molar-refractivity contribution >= 4 is 46.7 Å². The summed E-state index contributed by atoms with van der Waals surface area (Å²) in [5.74, 6) is -1.40. The van der Waals surface area contributed by atoms with Crippen LogP contribution < -0.4 is 4.90 Å². The zero-order valence-electron chi connectivity index (χ0n) is 15.3. The molecule has 0 bridgehead atoms. The van der Waals surface area contributed by atoms with Crippen LogP contribution in [0.15, 0.2) is 42.5 Å². The van der Waals surface area contributed by atoms with Gasteiger partial charge in [-0.25, -0.2) is 9.59 Å². The molecule has 0 spiro atoms. The average molecular weight is 412 g/mol. The number of benzene rings is 2. The predicted molar refractivity (Wildman–Crippen MR) is 105 cm³/mol. The van der Waals surface area contributed by atoms with E-state index in [1.165, 1.54) is 51.3 Å². The maximum atomic E-state index is 11.6. The van der Waals surface area contributed by atoms with Crippen molar-refractivity contribution in [3.63, 3.8) is 0 Å². The van der Waals surface area contributed by atoms with E-state index in [1.54, 1.807) is 18.2 Å². The van der Waals surface area contributed by atoms with Crippen molar-refractivity contribution in [3.05, 3.63) is 63.6 Å². The summed E-state index contributed by atoms with van der Waals surface area (Å²) in [6, 6.07) is 11.4. The molecule has 0 aliphatic heterocycles. The molecule has 0 aliphatic rings. The number of ether oxygens (including phenoxy) is 2. The van der Waals surface area contributed by atoms with Crippen LogP contribution in [-0.2, 0) is 14.3 Å². The lowest BCUT2D eigenvalue weighted by Gasteiger charge is -2.18. The van der Waals surface area contributed by atoms with Gasteiger partial charge in [0.25, 0.3) is 0 Å². The molecular formula is C19H19Cl2NO5. The van der Waals surface area contributed by atoms with E-state index in [2.05, 4.69) is 9.47 Å². The molecule has 2 aromatic carbocycles. The molecular weight excluding hydrogens is 393 g/mol. The van der Waals surface area contributed by atoms with Gasteiger partial charge < -0.3 is 14.4 Å². The minimum absolute atomic E-state index is 0.202. The largest absolute Gasteiger partial charge is 0.465 e. The van der Waals surface area contributed by atoms with Crippen LogP contribution in [0.2, 0.25) is 10.0 Å². The fourth-order valence-corrected chi connectivity index (χ4v) is 2.40. The molecule has 0 fully saturated rings. The van der Waals surface area contributed by atoms with Gasteiger partial charge in [-0.15, -0.1) is 0 Å². The third kappa shape index (κ3) is 6.58. The highest BCUT2D eigenvalue weighted by molar-refractivity contribution is 6.34. The Labute approximate surface area is 167 Å². The minimum Gasteiger partial charge on any atom is -0.465 e. The summed E-state index contributed by atoms with van der Waals surface area (Å²) in [6.45, 7) is 1.35. The van der Waals surface area contributed by atoms with Crippen LogP contribution in [0.5, 0.6) is 0 Å². The normalized spacial score (nSPS) is 9.56. The highest BCUT2D eigenvalue weighted by Crippen LogP contribution is 2.23. The highest BCUT2D eigenvalue weighted by atomic mass is 35.5. The van der Waals surface area contributed by atoms with Crippen molar-refractivity contribution in [2.24, 2.45) is 0 Å². The molecule has 0 N–H and O–H groups in total. The monoisotopic (exact) mass is 411 g/mol. The number of carbonyl (C=O) groups excluding carboxylic acids is 3. The number of carbonyl (C=O) groups is 3. The maximum Gasteiger partial charge on any atom is 0.339 e. The van der Waals surface area contributed by atoms with E-state index in [4.69, 9.17) is 23.2 Å². The molecule has 0 saturated heterocycles. The molecule has 8 heteroatoms. The Morgan fingerprint density at radius 2 is 1.44 bits per heavy atom. The van der Waals surface area contributed by atoms with Crippen molar-refractivity contribution in [2.75, 3.05) is 26.2 Å². The third-order valence-corrected chi connectivity index (χ3v) is 3.91. The summed E-state index contributed by atoms with van der Waals surface area (Å²) in [7, 11) is 4.00. The second-order valence-corrected chi connectivity index (χ2v) is 6.11. The third-order valence-electron chi connectivity index (χ3n) is 3.44. The minimum atomic E-state index is -0.584. The van der Waals surface area contributed by atoms with Gasteiger partial charge in [-0.2, -0.15) is 0 Å². The fourth-order valence-electron chi connectivity index (χ4n) is 1.97. The number of anilines is 1. The van der Waals surface area contributed by atoms with Gasteiger partial charge in [0.15, 0.2) is 0 Å². The number of hydrogen-bond donors (Lipinski definition) is 0. The van der Waals surface area contributed by atoms with Crippen LogP contribution in [0.25, 0.3) is 0 Å². The lowest BCUT2D eigenvalue weighted by atomic mass is 10.1. The average Bonchev–Trinajstić information content (AvgIpc) is 2.65. The van der Waals surface area contributed by atoms with Gasteiger partial charge in [-0.3, -0.25) is 4.79 Å². The molecule has 0 radical (unpaired) electrons. The lowest BCUT2D eigenvalue weighted by molar-refractivity contribution is -0.116. The van der Waals surface area contributed by atoms with Gasteiger partial charge in [-0.1, -0.05) is 29.3 Å². The standard InChI is InChI=1S/C13H15NO5.C6H4Cl2/c1-8(15)14(2)11-7-9(12(16)18-3)5-6-10(11)13(17)19-4;7-5-2-1-3-6(8)4-5/h5-7H,1-4H3;1-4H. The lowest BCUT2D eigenvalue weighted by Crippen LogP contribution is -2.25. The Morgan fingerprint density at radius 1 is 0.889 bits per heavy atom. The van der Waals surface area contributed by atoms with Gasteiger partial charge in [0.05, 0.1) is 31.0 Å². The van der Waals surface area contributed by atoms with E-state index in [9.17, 15) is 14.4 Å². The Kier molecular flexibility index (Phi) is 8.78. The van der Waals surface area contributed by atoms with E-state index in [0.29, 0.717) is 15.7 Å². The van der Waals surface area contributed by atoms with E-state index in [0.717, 1.165) is 0 Å². The Bertz CT molecular complexity index is 821. The van der Waals surface area contributed by atoms with Gasteiger partial charge in [0, 0.05) is 24.0 Å². The molecule has 6 nitrogen and oxygen atoms in total. The van der Waals surface area contributed by atoms with Gasteiger partial charge >= 0.3 is 11.9 Å². The molecule has 0 unspecified atom stereocenters. The summed E-state index contributed by atoms with van der Waals surface area (Å²) in [5.41, 5.74) is 0.744. The summed E-state index contributed by atoms with van der Waals surface area (Å²) in [5, 5.41) is 1.36. The first-order valence-electron chi connectivity index (χ1n) is 7.67. The van der Waals surface area contributed by atoms with Crippen molar-refractivity contribution < 1.29 is 23.9 Å². The van der Waals surface area contributed by atoms with E-state index in [-0.39, 0.29) is 17.0 Å². The Balaban J connectivity index is 0.000000377. The second kappa shape index (κ2) is 10.5. The zero-order chi connectivity index (χ0) is 20.6. The van der Waals surface area contributed by atoms with Crippen molar-refractivity contribution in [3.8, 4) is 0 Å². The van der Waals surface area contributed by atoms with Crippen LogP contribution in [0.1, 0.15) is 27.6 Å². The van der Waals surface area contributed by atoms with Crippen LogP contribution in [0.4, 0.5) is 5.69 Å². The quantitative estimate of drug-likeness (QED) is 0.706. The first-order chi connectivity index (χ1) is 12.7. The molecule has 27 heavy (non-hydrogen) atoms. The molecule has 1 amide bonds. The van der Waals surface area contributed by atoms with Crippen molar-refractivity contribution in [1.29, 1.82) is 0 Å². The van der Waals surface area contributed by atoms with E-state index >= 15 is 0 Å². The van der Waals surface area contributed by atoms with Crippen LogP contribution in [-0.4, -0.2) is 39.1 Å². The van der Waals surface area contributed by atoms with E-state index in [1.807, 2.05) is 6.07 Å². The number of esters is 2. The first-order valence-corrected chi connectivity index (χ1v) is 8.42. The number of hydrogen-bond acceptors (Lipinski definition) is 5. The van der Waals surface area contributed by atoms with Crippen LogP contribution in [0.3, 0.4) is 0 Å². The van der Waals surface area contributed by atoms with Crippen molar-refractivity contribution in [1.82, 2.24) is 0 Å². The Hall–Kier alpha value is -2.57. The number of halogens is 2. The predicted octanol–water partition coefficient (Wildman–Crippen LogP) is 4.24. The summed E-state index contributed by atoms with van der Waals surface area (Å²) >= 11 is 11.1. The maximum absolute atomic E-state index is 11.6. The summed E-state index contributed by atoms with van der Waals surface area (Å²) in [6.07, 6.45) is 0.